The molecule has 0 amide bonds. The fraction of sp³-hybridized carbons (Fsp3) is 0.0612. The number of imidazole rings is 1. The molecule has 2 aliphatic rings. The Morgan fingerprint density at radius 3 is 1.56 bits per heavy atom. The lowest BCUT2D eigenvalue weighted by Gasteiger charge is -2.31. The van der Waals surface area contributed by atoms with Gasteiger partial charge < -0.3 is 0 Å². The van der Waals surface area contributed by atoms with Crippen molar-refractivity contribution in [2.75, 3.05) is 0 Å². The molecule has 0 saturated carbocycles. The molecule has 2 heterocycles. The number of para-hydroxylation sites is 2. The van der Waals surface area contributed by atoms with Gasteiger partial charge in [0.15, 0.2) is 17.5 Å². The predicted molar refractivity (Wildman–Crippen MR) is 216 cm³/mol. The molecule has 5 nitrogen and oxygen atoms in total. The van der Waals surface area contributed by atoms with Crippen LogP contribution in [0.25, 0.3) is 73.1 Å². The molecule has 0 unspecified atom stereocenters. The minimum absolute atomic E-state index is 0.551. The second-order valence-electron chi connectivity index (χ2n) is 14.1. The molecule has 5 heteroatoms. The van der Waals surface area contributed by atoms with Crippen molar-refractivity contribution < 1.29 is 0 Å². The van der Waals surface area contributed by atoms with Gasteiger partial charge >= 0.3 is 0 Å². The SMILES string of the molecule is CCc1nc2ccccc2n1-c1ccc2c(c1)C1(c3ccccc3-c3ccccc31)c1cc(-c3nc(-c4ccccc4)nc(-c4ccccc4)n3)ccc1-2. The fourth-order valence-corrected chi connectivity index (χ4v) is 8.94. The zero-order chi connectivity index (χ0) is 35.8. The molecule has 0 N–H and O–H groups in total. The van der Waals surface area contributed by atoms with Gasteiger partial charge in [0.2, 0.25) is 0 Å². The van der Waals surface area contributed by atoms with E-state index in [0.29, 0.717) is 17.5 Å². The number of fused-ring (bicyclic) bond motifs is 11. The summed E-state index contributed by atoms with van der Waals surface area (Å²) in [5, 5.41) is 0. The van der Waals surface area contributed by atoms with E-state index in [1.807, 2.05) is 36.4 Å². The first-order valence-electron chi connectivity index (χ1n) is 18.5. The van der Waals surface area contributed by atoms with Gasteiger partial charge in [-0.3, -0.25) is 4.57 Å². The summed E-state index contributed by atoms with van der Waals surface area (Å²) in [6, 6.07) is 60.5. The highest BCUT2D eigenvalue weighted by molar-refractivity contribution is 5.96. The minimum atomic E-state index is -0.551. The summed E-state index contributed by atoms with van der Waals surface area (Å²) >= 11 is 0. The molecular formula is C49H33N5. The van der Waals surface area contributed by atoms with E-state index < -0.39 is 5.41 Å². The fourth-order valence-electron chi connectivity index (χ4n) is 8.94. The molecule has 7 aromatic carbocycles. The molecule has 54 heavy (non-hydrogen) atoms. The van der Waals surface area contributed by atoms with Crippen molar-refractivity contribution in [1.82, 2.24) is 24.5 Å². The summed E-state index contributed by atoms with van der Waals surface area (Å²) in [4.78, 5) is 20.3. The van der Waals surface area contributed by atoms with Crippen molar-refractivity contribution in [2.24, 2.45) is 0 Å². The number of aromatic nitrogens is 5. The van der Waals surface area contributed by atoms with Crippen LogP contribution in [0.2, 0.25) is 0 Å². The monoisotopic (exact) mass is 691 g/mol. The van der Waals surface area contributed by atoms with E-state index in [4.69, 9.17) is 19.9 Å². The molecular weight excluding hydrogens is 659 g/mol. The van der Waals surface area contributed by atoms with Crippen molar-refractivity contribution in [3.63, 3.8) is 0 Å². The molecule has 254 valence electrons. The Labute approximate surface area is 313 Å². The number of benzene rings is 7. The lowest BCUT2D eigenvalue weighted by atomic mass is 9.70. The van der Waals surface area contributed by atoms with Crippen molar-refractivity contribution >= 4 is 11.0 Å². The Morgan fingerprint density at radius 1 is 0.426 bits per heavy atom. The topological polar surface area (TPSA) is 56.5 Å². The standard InChI is InChI=1S/C49H33N5/c1-2-45-50-43-23-13-14-24-44(43)54(45)34-26-28-38-37-27-25-33(48-52-46(31-15-5-3-6-16-31)51-47(53-48)32-17-7-4-8-18-32)29-41(37)49(42(38)30-34)39-21-11-9-19-35(39)36-20-10-12-22-40(36)49/h3-30H,2H2,1H3. The first-order chi connectivity index (χ1) is 26.7. The molecule has 0 bridgehead atoms. The normalized spacial score (nSPS) is 13.1. The van der Waals surface area contributed by atoms with E-state index in [9.17, 15) is 0 Å². The number of aryl methyl sites for hydroxylation is 1. The number of nitrogens with zero attached hydrogens (tertiary/aromatic N) is 5. The molecule has 0 atom stereocenters. The molecule has 0 radical (unpaired) electrons. The van der Waals surface area contributed by atoms with Crippen LogP contribution in [0.5, 0.6) is 0 Å². The first kappa shape index (κ1) is 30.6. The van der Waals surface area contributed by atoms with Crippen LogP contribution in [0.15, 0.2) is 170 Å². The summed E-state index contributed by atoms with van der Waals surface area (Å²) in [7, 11) is 0. The second kappa shape index (κ2) is 11.8. The largest absolute Gasteiger partial charge is 0.296 e. The van der Waals surface area contributed by atoms with Crippen LogP contribution >= 0.6 is 0 Å². The number of hydrogen-bond acceptors (Lipinski definition) is 4. The molecule has 0 saturated heterocycles. The van der Waals surface area contributed by atoms with Crippen molar-refractivity contribution in [3.8, 4) is 62.1 Å². The average molecular weight is 692 g/mol. The Bertz CT molecular complexity index is 2820. The summed E-state index contributed by atoms with van der Waals surface area (Å²) in [6.45, 7) is 2.18. The van der Waals surface area contributed by atoms with Gasteiger partial charge in [-0.25, -0.2) is 19.9 Å². The smallest absolute Gasteiger partial charge is 0.164 e. The molecule has 1 spiro atoms. The molecule has 2 aliphatic carbocycles. The van der Waals surface area contributed by atoms with Crippen molar-refractivity contribution in [1.29, 1.82) is 0 Å². The highest BCUT2D eigenvalue weighted by Crippen LogP contribution is 2.63. The maximum atomic E-state index is 5.14. The van der Waals surface area contributed by atoms with Gasteiger partial charge in [0.1, 0.15) is 5.82 Å². The van der Waals surface area contributed by atoms with E-state index in [1.165, 1.54) is 44.5 Å². The highest BCUT2D eigenvalue weighted by Gasteiger charge is 2.52. The predicted octanol–water partition coefficient (Wildman–Crippen LogP) is 11.1. The van der Waals surface area contributed by atoms with Crippen LogP contribution in [0.4, 0.5) is 0 Å². The summed E-state index contributed by atoms with van der Waals surface area (Å²) in [5.41, 5.74) is 15.6. The van der Waals surface area contributed by atoms with E-state index >= 15 is 0 Å². The van der Waals surface area contributed by atoms with Crippen LogP contribution in [-0.4, -0.2) is 24.5 Å². The number of hydrogen-bond donors (Lipinski definition) is 0. The number of rotatable bonds is 5. The van der Waals surface area contributed by atoms with Crippen LogP contribution < -0.4 is 0 Å². The van der Waals surface area contributed by atoms with Crippen LogP contribution in [0, 0.1) is 0 Å². The Hall–Kier alpha value is -6.98. The molecule has 0 aliphatic heterocycles. The Kier molecular flexibility index (Phi) is 6.68. The van der Waals surface area contributed by atoms with Crippen LogP contribution in [0.3, 0.4) is 0 Å². The van der Waals surface area contributed by atoms with Crippen molar-refractivity contribution in [2.45, 2.75) is 18.8 Å². The highest BCUT2D eigenvalue weighted by atomic mass is 15.1. The van der Waals surface area contributed by atoms with E-state index in [0.717, 1.165) is 45.7 Å². The quantitative estimate of drug-likeness (QED) is 0.180. The second-order valence-corrected chi connectivity index (χ2v) is 14.1. The molecule has 2 aromatic heterocycles. The van der Waals surface area contributed by atoms with Crippen LogP contribution in [-0.2, 0) is 11.8 Å². The summed E-state index contributed by atoms with van der Waals surface area (Å²) in [5.74, 6) is 3.00. The molecule has 11 rings (SSSR count). The zero-order valence-corrected chi connectivity index (χ0v) is 29.6. The summed E-state index contributed by atoms with van der Waals surface area (Å²) < 4.78 is 2.34. The van der Waals surface area contributed by atoms with Gasteiger partial charge in [0.25, 0.3) is 0 Å². The average Bonchev–Trinajstić information content (AvgIpc) is 3.88. The van der Waals surface area contributed by atoms with Gasteiger partial charge in [0.05, 0.1) is 16.4 Å². The van der Waals surface area contributed by atoms with E-state index in [-0.39, 0.29) is 0 Å². The lowest BCUT2D eigenvalue weighted by molar-refractivity contribution is 0.791. The van der Waals surface area contributed by atoms with E-state index in [2.05, 4.69) is 145 Å². The van der Waals surface area contributed by atoms with E-state index in [1.54, 1.807) is 0 Å². The van der Waals surface area contributed by atoms with Gasteiger partial charge in [-0.2, -0.15) is 0 Å². The maximum Gasteiger partial charge on any atom is 0.164 e. The van der Waals surface area contributed by atoms with Gasteiger partial charge in [-0.15, -0.1) is 0 Å². The molecule has 9 aromatic rings. The Morgan fingerprint density at radius 2 is 0.926 bits per heavy atom. The molecule has 0 fully saturated rings. The summed E-state index contributed by atoms with van der Waals surface area (Å²) in [6.07, 6.45) is 0.827. The Balaban J connectivity index is 1.19. The third kappa shape index (κ3) is 4.33. The van der Waals surface area contributed by atoms with Gasteiger partial charge in [-0.1, -0.05) is 146 Å². The lowest BCUT2D eigenvalue weighted by Crippen LogP contribution is -2.26. The first-order valence-corrected chi connectivity index (χ1v) is 18.5. The maximum absolute atomic E-state index is 5.14. The van der Waals surface area contributed by atoms with Crippen molar-refractivity contribution in [3.05, 3.63) is 198 Å². The van der Waals surface area contributed by atoms with Gasteiger partial charge in [0, 0.05) is 28.8 Å². The van der Waals surface area contributed by atoms with Crippen LogP contribution in [0.1, 0.15) is 35.0 Å². The minimum Gasteiger partial charge on any atom is -0.296 e. The third-order valence-electron chi connectivity index (χ3n) is 11.2. The zero-order valence-electron chi connectivity index (χ0n) is 29.6. The van der Waals surface area contributed by atoms with Gasteiger partial charge in [-0.05, 0) is 74.8 Å². The third-order valence-corrected chi connectivity index (χ3v) is 11.2.